The van der Waals surface area contributed by atoms with Gasteiger partial charge in [0.15, 0.2) is 0 Å². The molecule has 1 aliphatic rings. The van der Waals surface area contributed by atoms with Gasteiger partial charge in [-0.1, -0.05) is 36.7 Å². The summed E-state index contributed by atoms with van der Waals surface area (Å²) in [6.45, 7) is 9.72. The second-order valence-electron chi connectivity index (χ2n) is 7.00. The first-order valence-electron chi connectivity index (χ1n) is 9.59. The minimum atomic E-state index is 0.119. The third-order valence-electron chi connectivity index (χ3n) is 4.91. The second-order valence-corrected chi connectivity index (χ2v) is 7.36. The van der Waals surface area contributed by atoms with Crippen molar-refractivity contribution >= 4 is 17.5 Å². The first-order valence-corrected chi connectivity index (χ1v) is 9.97. The molecule has 0 aliphatic carbocycles. The third kappa shape index (κ3) is 5.09. The molecule has 1 aromatic carbocycles. The zero-order valence-corrected chi connectivity index (χ0v) is 16.9. The van der Waals surface area contributed by atoms with Crippen molar-refractivity contribution in [1.82, 2.24) is 24.9 Å². The van der Waals surface area contributed by atoms with Crippen molar-refractivity contribution in [1.29, 1.82) is 0 Å². The number of carbonyl (C=O) groups is 1. The van der Waals surface area contributed by atoms with E-state index in [9.17, 15) is 4.79 Å². The van der Waals surface area contributed by atoms with Gasteiger partial charge in [-0.3, -0.25) is 14.6 Å². The zero-order chi connectivity index (χ0) is 19.2. The van der Waals surface area contributed by atoms with Crippen LogP contribution >= 0.6 is 11.6 Å². The molecular formula is C20H28ClN5O. The largest absolute Gasteiger partial charge is 0.355 e. The molecule has 6 nitrogen and oxygen atoms in total. The Kier molecular flexibility index (Phi) is 6.88. The van der Waals surface area contributed by atoms with E-state index in [0.29, 0.717) is 11.7 Å². The van der Waals surface area contributed by atoms with E-state index in [4.69, 9.17) is 11.6 Å². The lowest BCUT2D eigenvalue weighted by Gasteiger charge is -2.34. The molecular weight excluding hydrogens is 362 g/mol. The van der Waals surface area contributed by atoms with Crippen LogP contribution in [0, 0.1) is 6.92 Å². The van der Waals surface area contributed by atoms with Crippen molar-refractivity contribution in [3.05, 3.63) is 46.7 Å². The fourth-order valence-electron chi connectivity index (χ4n) is 3.30. The number of hydrogen-bond acceptors (Lipinski definition) is 4. The molecule has 1 fully saturated rings. The van der Waals surface area contributed by atoms with Gasteiger partial charge in [-0.15, -0.1) is 0 Å². The van der Waals surface area contributed by atoms with Gasteiger partial charge in [0.1, 0.15) is 5.15 Å². The van der Waals surface area contributed by atoms with Crippen molar-refractivity contribution in [2.45, 2.75) is 26.8 Å². The highest BCUT2D eigenvalue weighted by Crippen LogP contribution is 2.25. The topological polar surface area (TPSA) is 53.4 Å². The molecule has 0 unspecified atom stereocenters. The summed E-state index contributed by atoms with van der Waals surface area (Å²) in [4.78, 5) is 16.5. The SMILES string of the molecule is CCCNC(=O)CN1CCN(Cc2c(C)nn(-c3ccccc3)c2Cl)CC1. The summed E-state index contributed by atoms with van der Waals surface area (Å²) in [6, 6.07) is 9.96. The number of amides is 1. The van der Waals surface area contributed by atoms with Gasteiger partial charge in [0, 0.05) is 44.8 Å². The summed E-state index contributed by atoms with van der Waals surface area (Å²) in [5.41, 5.74) is 3.01. The Balaban J connectivity index is 1.57. The lowest BCUT2D eigenvalue weighted by atomic mass is 10.2. The Hall–Kier alpha value is -1.89. The van der Waals surface area contributed by atoms with Crippen LogP contribution in [0.1, 0.15) is 24.6 Å². The molecule has 3 rings (SSSR count). The van der Waals surface area contributed by atoms with E-state index in [1.807, 2.05) is 37.3 Å². The molecule has 1 aromatic heterocycles. The standard InChI is InChI=1S/C20H28ClN5O/c1-3-9-22-19(27)15-25-12-10-24(11-13-25)14-18-16(2)23-26(20(18)21)17-7-5-4-6-8-17/h4-8H,3,9-15H2,1-2H3,(H,22,27). The molecule has 0 atom stereocenters. The number of rotatable bonds is 7. The molecule has 0 radical (unpaired) electrons. The Labute approximate surface area is 166 Å². The number of hydrogen-bond donors (Lipinski definition) is 1. The summed E-state index contributed by atoms with van der Waals surface area (Å²) in [6.07, 6.45) is 0.969. The number of para-hydroxylation sites is 1. The molecule has 1 saturated heterocycles. The zero-order valence-electron chi connectivity index (χ0n) is 16.1. The van der Waals surface area contributed by atoms with Crippen molar-refractivity contribution in [2.24, 2.45) is 0 Å². The minimum Gasteiger partial charge on any atom is -0.355 e. The van der Waals surface area contributed by atoms with Gasteiger partial charge in [0.2, 0.25) is 5.91 Å². The predicted molar refractivity (Wildman–Crippen MR) is 108 cm³/mol. The quantitative estimate of drug-likeness (QED) is 0.790. The van der Waals surface area contributed by atoms with E-state index in [2.05, 4.69) is 27.1 Å². The molecule has 2 heterocycles. The maximum atomic E-state index is 11.9. The van der Waals surface area contributed by atoms with Gasteiger partial charge in [-0.05, 0) is 25.5 Å². The highest BCUT2D eigenvalue weighted by Gasteiger charge is 2.22. The fourth-order valence-corrected chi connectivity index (χ4v) is 3.64. The first-order chi connectivity index (χ1) is 13.1. The summed E-state index contributed by atoms with van der Waals surface area (Å²) in [5.74, 6) is 0.119. The van der Waals surface area contributed by atoms with E-state index >= 15 is 0 Å². The van der Waals surface area contributed by atoms with E-state index < -0.39 is 0 Å². The molecule has 0 saturated carbocycles. The number of aromatic nitrogens is 2. The van der Waals surface area contributed by atoms with Gasteiger partial charge in [0.25, 0.3) is 0 Å². The van der Waals surface area contributed by atoms with Crippen molar-refractivity contribution in [3.8, 4) is 5.69 Å². The van der Waals surface area contributed by atoms with Crippen LogP contribution in [0.25, 0.3) is 5.69 Å². The maximum Gasteiger partial charge on any atom is 0.234 e. The van der Waals surface area contributed by atoms with Gasteiger partial charge in [0.05, 0.1) is 17.9 Å². The van der Waals surface area contributed by atoms with E-state index in [1.165, 1.54) is 0 Å². The van der Waals surface area contributed by atoms with Gasteiger partial charge < -0.3 is 5.32 Å². The number of halogens is 1. The average Bonchev–Trinajstić information content (AvgIpc) is 2.97. The summed E-state index contributed by atoms with van der Waals surface area (Å²) in [7, 11) is 0. The van der Waals surface area contributed by atoms with Crippen LogP contribution in [0.2, 0.25) is 5.15 Å². The van der Waals surface area contributed by atoms with Crippen LogP contribution in [-0.4, -0.2) is 64.8 Å². The van der Waals surface area contributed by atoms with Crippen LogP contribution in [0.5, 0.6) is 0 Å². The minimum absolute atomic E-state index is 0.119. The Bertz CT molecular complexity index is 753. The van der Waals surface area contributed by atoms with Crippen LogP contribution in [0.4, 0.5) is 0 Å². The number of piperazine rings is 1. The Morgan fingerprint density at radius 1 is 1.15 bits per heavy atom. The second kappa shape index (κ2) is 9.35. The predicted octanol–water partition coefficient (Wildman–Crippen LogP) is 2.48. The Morgan fingerprint density at radius 2 is 1.81 bits per heavy atom. The molecule has 1 amide bonds. The van der Waals surface area contributed by atoms with E-state index in [0.717, 1.165) is 62.6 Å². The highest BCUT2D eigenvalue weighted by atomic mass is 35.5. The van der Waals surface area contributed by atoms with Gasteiger partial charge >= 0.3 is 0 Å². The summed E-state index contributed by atoms with van der Waals surface area (Å²) >= 11 is 6.64. The fraction of sp³-hybridized carbons (Fsp3) is 0.500. The van der Waals surface area contributed by atoms with Gasteiger partial charge in [-0.25, -0.2) is 4.68 Å². The van der Waals surface area contributed by atoms with Crippen molar-refractivity contribution in [2.75, 3.05) is 39.3 Å². The van der Waals surface area contributed by atoms with Crippen LogP contribution < -0.4 is 5.32 Å². The third-order valence-corrected chi connectivity index (χ3v) is 5.30. The molecule has 1 N–H and O–H groups in total. The molecule has 27 heavy (non-hydrogen) atoms. The normalized spacial score (nSPS) is 15.8. The molecule has 2 aromatic rings. The monoisotopic (exact) mass is 389 g/mol. The smallest absolute Gasteiger partial charge is 0.234 e. The van der Waals surface area contributed by atoms with Crippen molar-refractivity contribution < 1.29 is 4.79 Å². The summed E-state index contributed by atoms with van der Waals surface area (Å²) < 4.78 is 1.81. The average molecular weight is 390 g/mol. The van der Waals surface area contributed by atoms with E-state index in [-0.39, 0.29) is 5.91 Å². The van der Waals surface area contributed by atoms with Crippen molar-refractivity contribution in [3.63, 3.8) is 0 Å². The maximum absolute atomic E-state index is 11.9. The summed E-state index contributed by atoms with van der Waals surface area (Å²) in [5, 5.41) is 8.25. The molecule has 0 bridgehead atoms. The molecule has 0 spiro atoms. The number of nitrogens with zero attached hydrogens (tertiary/aromatic N) is 4. The first kappa shape index (κ1) is 19.9. The number of carbonyl (C=O) groups excluding carboxylic acids is 1. The number of benzene rings is 1. The lowest BCUT2D eigenvalue weighted by molar-refractivity contribution is -0.122. The number of nitrogens with one attached hydrogen (secondary N) is 1. The molecule has 146 valence electrons. The van der Waals surface area contributed by atoms with Crippen LogP contribution in [-0.2, 0) is 11.3 Å². The Morgan fingerprint density at radius 3 is 2.48 bits per heavy atom. The van der Waals surface area contributed by atoms with Crippen LogP contribution in [0.15, 0.2) is 30.3 Å². The van der Waals surface area contributed by atoms with E-state index in [1.54, 1.807) is 4.68 Å². The highest BCUT2D eigenvalue weighted by molar-refractivity contribution is 6.30. The van der Waals surface area contributed by atoms with Crippen LogP contribution in [0.3, 0.4) is 0 Å². The molecule has 1 aliphatic heterocycles. The lowest BCUT2D eigenvalue weighted by Crippen LogP contribution is -2.49. The van der Waals surface area contributed by atoms with Gasteiger partial charge in [-0.2, -0.15) is 5.10 Å². The molecule has 7 heteroatoms. The number of aryl methyl sites for hydroxylation is 1.